The van der Waals surface area contributed by atoms with Gasteiger partial charge in [-0.1, -0.05) is 49.4 Å². The molecule has 0 saturated heterocycles. The van der Waals surface area contributed by atoms with Crippen LogP contribution in [0, 0.1) is 0 Å². The fourth-order valence-corrected chi connectivity index (χ4v) is 2.22. The van der Waals surface area contributed by atoms with Crippen LogP contribution in [0.2, 0.25) is 0 Å². The normalized spacial score (nSPS) is 10.7. The standard InChI is InChI=1S/C19H24N4O.HI/c1-2-15-8-10-17(11-9-15)23-19(20)22-14-18(24)21-13-12-16-6-4-3-5-7-16;/h3-11H,2,12-14H2,1H3,(H,21,24)(H3,20,22,23);1H. The van der Waals surface area contributed by atoms with Crippen molar-refractivity contribution in [2.45, 2.75) is 19.8 Å². The van der Waals surface area contributed by atoms with Crippen molar-refractivity contribution in [3.63, 3.8) is 0 Å². The summed E-state index contributed by atoms with van der Waals surface area (Å²) in [5.41, 5.74) is 9.11. The predicted molar refractivity (Wildman–Crippen MR) is 115 cm³/mol. The third-order valence-corrected chi connectivity index (χ3v) is 3.61. The molecule has 5 nitrogen and oxygen atoms in total. The molecule has 2 rings (SSSR count). The average molecular weight is 452 g/mol. The van der Waals surface area contributed by atoms with Gasteiger partial charge in [0.05, 0.1) is 0 Å². The molecule has 134 valence electrons. The van der Waals surface area contributed by atoms with Gasteiger partial charge in [0.2, 0.25) is 5.91 Å². The summed E-state index contributed by atoms with van der Waals surface area (Å²) in [4.78, 5) is 15.8. The van der Waals surface area contributed by atoms with E-state index < -0.39 is 0 Å². The highest BCUT2D eigenvalue weighted by molar-refractivity contribution is 14.0. The first-order chi connectivity index (χ1) is 11.7. The van der Waals surface area contributed by atoms with Crippen molar-refractivity contribution in [1.29, 1.82) is 0 Å². The van der Waals surface area contributed by atoms with Crippen LogP contribution in [0.5, 0.6) is 0 Å². The number of hydrogen-bond donors (Lipinski definition) is 3. The van der Waals surface area contributed by atoms with E-state index in [2.05, 4.69) is 22.5 Å². The summed E-state index contributed by atoms with van der Waals surface area (Å²) < 4.78 is 0. The number of rotatable bonds is 7. The second-order valence-electron chi connectivity index (χ2n) is 5.46. The number of amides is 1. The van der Waals surface area contributed by atoms with Crippen molar-refractivity contribution >= 4 is 41.5 Å². The van der Waals surface area contributed by atoms with Gasteiger partial charge in [0.1, 0.15) is 6.54 Å². The summed E-state index contributed by atoms with van der Waals surface area (Å²) >= 11 is 0. The molecule has 0 aromatic heterocycles. The van der Waals surface area contributed by atoms with Crippen molar-refractivity contribution < 1.29 is 4.79 Å². The first-order valence-corrected chi connectivity index (χ1v) is 8.14. The van der Waals surface area contributed by atoms with E-state index in [1.807, 2.05) is 54.6 Å². The van der Waals surface area contributed by atoms with Gasteiger partial charge in [-0.15, -0.1) is 24.0 Å². The Balaban J connectivity index is 0.00000312. The SMILES string of the molecule is CCc1ccc(NC(N)=NCC(=O)NCCc2ccccc2)cc1.I. The van der Waals surface area contributed by atoms with Gasteiger partial charge in [0.15, 0.2) is 5.96 Å². The molecule has 0 heterocycles. The van der Waals surface area contributed by atoms with Gasteiger partial charge < -0.3 is 16.4 Å². The third kappa shape index (κ3) is 8.02. The molecule has 0 radical (unpaired) electrons. The molecule has 0 unspecified atom stereocenters. The lowest BCUT2D eigenvalue weighted by Crippen LogP contribution is -2.30. The molecule has 2 aromatic carbocycles. The highest BCUT2D eigenvalue weighted by Crippen LogP contribution is 2.09. The summed E-state index contributed by atoms with van der Waals surface area (Å²) in [6.45, 7) is 2.71. The minimum Gasteiger partial charge on any atom is -0.370 e. The second-order valence-corrected chi connectivity index (χ2v) is 5.46. The zero-order valence-corrected chi connectivity index (χ0v) is 16.7. The molecule has 0 saturated carbocycles. The maximum Gasteiger partial charge on any atom is 0.241 e. The first kappa shape index (κ1) is 21.0. The minimum atomic E-state index is -0.142. The number of nitrogens with zero attached hydrogens (tertiary/aromatic N) is 1. The number of nitrogens with two attached hydrogens (primary N) is 1. The minimum absolute atomic E-state index is 0. The van der Waals surface area contributed by atoms with Crippen LogP contribution in [-0.2, 0) is 17.6 Å². The number of carbonyl (C=O) groups is 1. The number of benzene rings is 2. The lowest BCUT2D eigenvalue weighted by atomic mass is 10.1. The molecule has 0 aliphatic rings. The molecular formula is C19H25IN4O. The molecule has 6 heteroatoms. The molecule has 2 aromatic rings. The maximum atomic E-state index is 11.8. The molecule has 0 spiro atoms. The Labute approximate surface area is 166 Å². The monoisotopic (exact) mass is 452 g/mol. The maximum absolute atomic E-state index is 11.8. The highest BCUT2D eigenvalue weighted by Gasteiger charge is 2.01. The highest BCUT2D eigenvalue weighted by atomic mass is 127. The van der Waals surface area contributed by atoms with Crippen LogP contribution in [0.3, 0.4) is 0 Å². The van der Waals surface area contributed by atoms with Gasteiger partial charge in [-0.25, -0.2) is 4.99 Å². The van der Waals surface area contributed by atoms with E-state index in [9.17, 15) is 4.79 Å². The number of guanidine groups is 1. The summed E-state index contributed by atoms with van der Waals surface area (Å²) in [7, 11) is 0. The van der Waals surface area contributed by atoms with Crippen LogP contribution in [-0.4, -0.2) is 25.0 Å². The van der Waals surface area contributed by atoms with Crippen molar-refractivity contribution in [2.75, 3.05) is 18.4 Å². The summed E-state index contributed by atoms with van der Waals surface area (Å²) in [6, 6.07) is 18.0. The van der Waals surface area contributed by atoms with Gasteiger partial charge >= 0.3 is 0 Å². The molecule has 0 fully saturated rings. The first-order valence-electron chi connectivity index (χ1n) is 8.14. The zero-order valence-electron chi connectivity index (χ0n) is 14.4. The molecule has 0 aliphatic heterocycles. The van der Waals surface area contributed by atoms with Crippen LogP contribution in [0.15, 0.2) is 59.6 Å². The quantitative estimate of drug-likeness (QED) is 0.344. The van der Waals surface area contributed by atoms with Crippen molar-refractivity contribution in [1.82, 2.24) is 5.32 Å². The smallest absolute Gasteiger partial charge is 0.241 e. The lowest BCUT2D eigenvalue weighted by Gasteiger charge is -2.07. The Bertz CT molecular complexity index is 672. The Morgan fingerprint density at radius 2 is 1.72 bits per heavy atom. The zero-order chi connectivity index (χ0) is 17.2. The molecule has 0 bridgehead atoms. The Hall–Kier alpha value is -2.09. The van der Waals surface area contributed by atoms with Crippen LogP contribution in [0.25, 0.3) is 0 Å². The number of anilines is 1. The topological polar surface area (TPSA) is 79.5 Å². The van der Waals surface area contributed by atoms with Crippen LogP contribution in [0.4, 0.5) is 5.69 Å². The van der Waals surface area contributed by atoms with Crippen molar-refractivity contribution in [2.24, 2.45) is 10.7 Å². The Morgan fingerprint density at radius 3 is 2.36 bits per heavy atom. The van der Waals surface area contributed by atoms with E-state index in [0.29, 0.717) is 6.54 Å². The van der Waals surface area contributed by atoms with Gasteiger partial charge in [0, 0.05) is 12.2 Å². The lowest BCUT2D eigenvalue weighted by molar-refractivity contribution is -0.119. The van der Waals surface area contributed by atoms with Crippen LogP contribution < -0.4 is 16.4 Å². The molecule has 4 N–H and O–H groups in total. The number of aryl methyl sites for hydroxylation is 1. The van der Waals surface area contributed by atoms with E-state index in [0.717, 1.165) is 18.5 Å². The van der Waals surface area contributed by atoms with Crippen molar-refractivity contribution in [3.05, 3.63) is 65.7 Å². The molecular weight excluding hydrogens is 427 g/mol. The van der Waals surface area contributed by atoms with Crippen LogP contribution in [0.1, 0.15) is 18.1 Å². The van der Waals surface area contributed by atoms with E-state index in [1.165, 1.54) is 11.1 Å². The number of aliphatic imine (C=N–C) groups is 1. The summed E-state index contributed by atoms with van der Waals surface area (Å²) in [5, 5.41) is 5.81. The second kappa shape index (κ2) is 11.5. The largest absolute Gasteiger partial charge is 0.370 e. The summed E-state index contributed by atoms with van der Waals surface area (Å²) in [5.74, 6) is 0.0921. The van der Waals surface area contributed by atoms with Gasteiger partial charge in [-0.3, -0.25) is 4.79 Å². The number of hydrogen-bond acceptors (Lipinski definition) is 2. The Morgan fingerprint density at radius 1 is 1.04 bits per heavy atom. The summed E-state index contributed by atoms with van der Waals surface area (Å²) in [6.07, 6.45) is 1.79. The molecule has 1 amide bonds. The molecule has 0 atom stereocenters. The number of nitrogens with one attached hydrogen (secondary N) is 2. The third-order valence-electron chi connectivity index (χ3n) is 3.61. The van der Waals surface area contributed by atoms with E-state index in [4.69, 9.17) is 5.73 Å². The van der Waals surface area contributed by atoms with E-state index >= 15 is 0 Å². The number of carbonyl (C=O) groups excluding carboxylic acids is 1. The van der Waals surface area contributed by atoms with Crippen LogP contribution >= 0.6 is 24.0 Å². The van der Waals surface area contributed by atoms with Crippen molar-refractivity contribution in [3.8, 4) is 0 Å². The van der Waals surface area contributed by atoms with E-state index in [-0.39, 0.29) is 42.4 Å². The molecule has 0 aliphatic carbocycles. The predicted octanol–water partition coefficient (Wildman–Crippen LogP) is 2.95. The van der Waals surface area contributed by atoms with E-state index in [1.54, 1.807) is 0 Å². The number of halogens is 1. The fraction of sp³-hybridized carbons (Fsp3) is 0.263. The Kier molecular flexibility index (Phi) is 9.61. The fourth-order valence-electron chi connectivity index (χ4n) is 2.22. The van der Waals surface area contributed by atoms with Gasteiger partial charge in [0.25, 0.3) is 0 Å². The average Bonchev–Trinajstić information content (AvgIpc) is 2.61. The van der Waals surface area contributed by atoms with Gasteiger partial charge in [-0.05, 0) is 36.1 Å². The molecule has 25 heavy (non-hydrogen) atoms. The van der Waals surface area contributed by atoms with Gasteiger partial charge in [-0.2, -0.15) is 0 Å².